The summed E-state index contributed by atoms with van der Waals surface area (Å²) < 4.78 is 3.02. The maximum Gasteiger partial charge on any atom is 0.316 e. The van der Waals surface area contributed by atoms with E-state index < -0.39 is 11.1 Å². The molecule has 0 bridgehead atoms. The topological polar surface area (TPSA) is 69.8 Å². The first-order chi connectivity index (χ1) is 12.2. The van der Waals surface area contributed by atoms with Crippen LogP contribution in [-0.2, 0) is 6.54 Å². The summed E-state index contributed by atoms with van der Waals surface area (Å²) in [5.41, 5.74) is 0.0586. The van der Waals surface area contributed by atoms with Crippen LogP contribution in [0, 0.1) is 0 Å². The van der Waals surface area contributed by atoms with E-state index in [4.69, 9.17) is 0 Å². The Balaban J connectivity index is 1.59. The number of rotatable bonds is 4. The summed E-state index contributed by atoms with van der Waals surface area (Å²) in [4.78, 5) is 24.8. The Kier molecular flexibility index (Phi) is 4.31. The van der Waals surface area contributed by atoms with Gasteiger partial charge in [0.2, 0.25) is 0 Å². The van der Waals surface area contributed by atoms with Crippen LogP contribution in [0.5, 0.6) is 0 Å². The van der Waals surface area contributed by atoms with Gasteiger partial charge in [0.1, 0.15) is 10.0 Å². The summed E-state index contributed by atoms with van der Waals surface area (Å²) in [7, 11) is 0. The third-order valence-corrected chi connectivity index (χ3v) is 5.55. The lowest BCUT2D eigenvalue weighted by atomic mass is 10.2. The molecule has 1 aliphatic carbocycles. The fraction of sp³-hybridized carbons (Fsp3) is 0.333. The van der Waals surface area contributed by atoms with Crippen LogP contribution in [0.1, 0.15) is 36.7 Å². The number of benzene rings is 1. The van der Waals surface area contributed by atoms with Gasteiger partial charge < -0.3 is 9.13 Å². The van der Waals surface area contributed by atoms with Gasteiger partial charge in [-0.3, -0.25) is 9.59 Å². The number of nitrogens with zero attached hydrogens (tertiary/aromatic N) is 4. The van der Waals surface area contributed by atoms with E-state index in [0.717, 1.165) is 36.3 Å². The van der Waals surface area contributed by atoms with Gasteiger partial charge in [0.15, 0.2) is 0 Å². The minimum absolute atomic E-state index is 0.168. The van der Waals surface area contributed by atoms with Crippen LogP contribution in [0.4, 0.5) is 0 Å². The molecule has 7 heteroatoms. The fourth-order valence-electron chi connectivity index (χ4n) is 3.28. The van der Waals surface area contributed by atoms with Crippen LogP contribution in [0.3, 0.4) is 0 Å². The molecule has 1 aliphatic rings. The molecule has 1 aromatic carbocycles. The van der Waals surface area contributed by atoms with Crippen molar-refractivity contribution >= 4 is 11.3 Å². The molecule has 3 aromatic rings. The molecule has 1 saturated carbocycles. The number of hydrogen-bond donors (Lipinski definition) is 0. The van der Waals surface area contributed by atoms with Crippen molar-refractivity contribution in [2.75, 3.05) is 0 Å². The van der Waals surface area contributed by atoms with Gasteiger partial charge in [0, 0.05) is 24.0 Å². The van der Waals surface area contributed by atoms with Crippen molar-refractivity contribution in [3.63, 3.8) is 0 Å². The van der Waals surface area contributed by atoms with E-state index >= 15 is 0 Å². The van der Waals surface area contributed by atoms with Crippen molar-refractivity contribution in [2.24, 2.45) is 0 Å². The SMILES string of the molecule is O=c1c(=O)n(C2CCCC2)ccn1Cc1nnc(-c2ccccc2)s1. The van der Waals surface area contributed by atoms with Crippen molar-refractivity contribution in [1.29, 1.82) is 0 Å². The Morgan fingerprint density at radius 3 is 2.52 bits per heavy atom. The van der Waals surface area contributed by atoms with Gasteiger partial charge >= 0.3 is 11.1 Å². The van der Waals surface area contributed by atoms with Gasteiger partial charge in [-0.25, -0.2) is 0 Å². The largest absolute Gasteiger partial charge is 0.316 e. The van der Waals surface area contributed by atoms with Crippen LogP contribution in [-0.4, -0.2) is 19.3 Å². The van der Waals surface area contributed by atoms with Crippen LogP contribution in [0.25, 0.3) is 10.6 Å². The van der Waals surface area contributed by atoms with Gasteiger partial charge in [-0.2, -0.15) is 0 Å². The van der Waals surface area contributed by atoms with E-state index in [2.05, 4.69) is 10.2 Å². The first-order valence-corrected chi connectivity index (χ1v) is 9.23. The molecule has 0 spiro atoms. The summed E-state index contributed by atoms with van der Waals surface area (Å²) in [6, 6.07) is 9.96. The van der Waals surface area contributed by atoms with E-state index in [9.17, 15) is 9.59 Å². The fourth-order valence-corrected chi connectivity index (χ4v) is 4.12. The van der Waals surface area contributed by atoms with E-state index in [-0.39, 0.29) is 12.6 Å². The molecule has 0 aliphatic heterocycles. The Morgan fingerprint density at radius 2 is 1.76 bits per heavy atom. The highest BCUT2D eigenvalue weighted by Gasteiger charge is 2.19. The first kappa shape index (κ1) is 16.0. The quantitative estimate of drug-likeness (QED) is 0.676. The summed E-state index contributed by atoms with van der Waals surface area (Å²) in [5.74, 6) is 0. The smallest absolute Gasteiger partial charge is 0.306 e. The van der Waals surface area contributed by atoms with Crippen LogP contribution >= 0.6 is 11.3 Å². The molecule has 128 valence electrons. The predicted octanol–water partition coefficient (Wildman–Crippen LogP) is 2.69. The molecule has 0 saturated heterocycles. The zero-order valence-corrected chi connectivity index (χ0v) is 14.5. The summed E-state index contributed by atoms with van der Waals surface area (Å²) in [5, 5.41) is 9.86. The third kappa shape index (κ3) is 3.19. The maximum absolute atomic E-state index is 12.4. The lowest BCUT2D eigenvalue weighted by molar-refractivity contribution is 0.488. The van der Waals surface area contributed by atoms with E-state index in [1.54, 1.807) is 17.0 Å². The zero-order valence-electron chi connectivity index (χ0n) is 13.7. The molecule has 0 radical (unpaired) electrons. The average Bonchev–Trinajstić information content (AvgIpc) is 3.32. The Bertz CT molecular complexity index is 984. The van der Waals surface area contributed by atoms with E-state index in [0.29, 0.717) is 5.01 Å². The number of aromatic nitrogens is 4. The predicted molar refractivity (Wildman–Crippen MR) is 96.9 cm³/mol. The molecule has 1 fully saturated rings. The Labute approximate surface area is 148 Å². The third-order valence-electron chi connectivity index (χ3n) is 4.60. The van der Waals surface area contributed by atoms with Crippen LogP contribution in [0.2, 0.25) is 0 Å². The first-order valence-electron chi connectivity index (χ1n) is 8.42. The maximum atomic E-state index is 12.4. The van der Waals surface area contributed by atoms with Gasteiger partial charge in [-0.1, -0.05) is 54.5 Å². The van der Waals surface area contributed by atoms with Crippen molar-refractivity contribution in [1.82, 2.24) is 19.3 Å². The second-order valence-electron chi connectivity index (χ2n) is 6.25. The second-order valence-corrected chi connectivity index (χ2v) is 7.31. The van der Waals surface area contributed by atoms with Crippen LogP contribution < -0.4 is 11.1 Å². The lowest BCUT2D eigenvalue weighted by Crippen LogP contribution is -2.41. The summed E-state index contributed by atoms with van der Waals surface area (Å²) in [6.07, 6.45) is 7.60. The van der Waals surface area contributed by atoms with Crippen molar-refractivity contribution in [2.45, 2.75) is 38.3 Å². The normalized spacial score (nSPS) is 14.9. The minimum atomic E-state index is -0.495. The van der Waals surface area contributed by atoms with E-state index in [1.165, 1.54) is 15.9 Å². The Morgan fingerprint density at radius 1 is 1.00 bits per heavy atom. The average molecular weight is 354 g/mol. The van der Waals surface area contributed by atoms with Crippen molar-refractivity contribution in [3.8, 4) is 10.6 Å². The Hall–Kier alpha value is -2.54. The van der Waals surface area contributed by atoms with E-state index in [1.807, 2.05) is 30.3 Å². The molecule has 0 unspecified atom stereocenters. The van der Waals surface area contributed by atoms with Gasteiger partial charge in [0.05, 0.1) is 6.54 Å². The van der Waals surface area contributed by atoms with Crippen molar-refractivity contribution < 1.29 is 0 Å². The minimum Gasteiger partial charge on any atom is -0.306 e. The van der Waals surface area contributed by atoms with Gasteiger partial charge in [-0.15, -0.1) is 10.2 Å². The highest BCUT2D eigenvalue weighted by Crippen LogP contribution is 2.27. The molecular formula is C18H18N4O2S. The molecular weight excluding hydrogens is 336 g/mol. The molecule has 2 heterocycles. The molecule has 0 N–H and O–H groups in total. The molecule has 4 rings (SSSR count). The highest BCUT2D eigenvalue weighted by atomic mass is 32.1. The highest BCUT2D eigenvalue weighted by molar-refractivity contribution is 7.14. The summed E-state index contributed by atoms with van der Waals surface area (Å²) in [6.45, 7) is 0.268. The molecule has 25 heavy (non-hydrogen) atoms. The standard InChI is InChI=1S/C18H18N4O2S/c23-17-18(24)22(14-8-4-5-9-14)11-10-21(17)12-15-19-20-16(25-15)13-6-2-1-3-7-13/h1-3,6-7,10-11,14H,4-5,8-9,12H2. The monoisotopic (exact) mass is 354 g/mol. The van der Waals surface area contributed by atoms with Gasteiger partial charge in [-0.05, 0) is 12.8 Å². The number of hydrogen-bond acceptors (Lipinski definition) is 5. The van der Waals surface area contributed by atoms with Crippen LogP contribution in [0.15, 0.2) is 52.3 Å². The molecule has 0 amide bonds. The zero-order chi connectivity index (χ0) is 17.2. The molecule has 2 aromatic heterocycles. The molecule has 6 nitrogen and oxygen atoms in total. The summed E-state index contributed by atoms with van der Waals surface area (Å²) >= 11 is 1.43. The lowest BCUT2D eigenvalue weighted by Gasteiger charge is -2.13. The van der Waals surface area contributed by atoms with Gasteiger partial charge in [0.25, 0.3) is 0 Å². The second kappa shape index (κ2) is 6.76. The van der Waals surface area contributed by atoms with Crippen molar-refractivity contribution in [3.05, 3.63) is 68.4 Å². The molecule has 0 atom stereocenters.